The van der Waals surface area contributed by atoms with Crippen LogP contribution in [-0.4, -0.2) is 50.1 Å². The van der Waals surface area contributed by atoms with Crippen LogP contribution in [0.5, 0.6) is 11.5 Å². The topological polar surface area (TPSA) is 136 Å². The Labute approximate surface area is 275 Å². The van der Waals surface area contributed by atoms with Gasteiger partial charge in [0, 0.05) is 17.9 Å². The van der Waals surface area contributed by atoms with Gasteiger partial charge in [-0.25, -0.2) is 0 Å². The number of benzene rings is 1. The van der Waals surface area contributed by atoms with Crippen LogP contribution in [0.3, 0.4) is 0 Å². The van der Waals surface area contributed by atoms with Crippen molar-refractivity contribution in [3.05, 3.63) is 29.8 Å². The lowest BCUT2D eigenvalue weighted by molar-refractivity contribution is -0.197. The molecular weight excluding hydrogens is 582 g/mol. The third-order valence-electron chi connectivity index (χ3n) is 13.2. The minimum Gasteiger partial charge on any atom is -0.508 e. The number of ether oxygens (including phenoxy) is 1. The number of aliphatic hydroxyl groups is 2. The van der Waals surface area contributed by atoms with Gasteiger partial charge in [0.1, 0.15) is 17.6 Å². The highest BCUT2D eigenvalue weighted by Gasteiger charge is 2.64. The number of phenols is 2. The van der Waals surface area contributed by atoms with Gasteiger partial charge in [-0.05, 0) is 138 Å². The van der Waals surface area contributed by atoms with E-state index in [1.54, 1.807) is 6.92 Å². The van der Waals surface area contributed by atoms with Gasteiger partial charge in [0.2, 0.25) is 5.91 Å². The van der Waals surface area contributed by atoms with Crippen LogP contribution < -0.4 is 5.32 Å². The van der Waals surface area contributed by atoms with Gasteiger partial charge in [0.25, 0.3) is 0 Å². The zero-order valence-electron chi connectivity index (χ0n) is 28.6. The van der Waals surface area contributed by atoms with Crippen molar-refractivity contribution in [3.63, 3.8) is 0 Å². The fourth-order valence-electron chi connectivity index (χ4n) is 10.8. The van der Waals surface area contributed by atoms with E-state index >= 15 is 0 Å². The summed E-state index contributed by atoms with van der Waals surface area (Å²) < 4.78 is 6.26. The number of rotatable bonds is 10. The van der Waals surface area contributed by atoms with Gasteiger partial charge in [0.15, 0.2) is 0 Å². The molecule has 1 aromatic carbocycles. The molecule has 256 valence electrons. The molecule has 0 radical (unpaired) electrons. The molecule has 8 nitrogen and oxygen atoms in total. The predicted molar refractivity (Wildman–Crippen MR) is 178 cm³/mol. The van der Waals surface area contributed by atoms with Crippen molar-refractivity contribution >= 4 is 17.6 Å². The monoisotopic (exact) mass is 639 g/mol. The molecule has 4 aliphatic carbocycles. The summed E-state index contributed by atoms with van der Waals surface area (Å²) in [5.41, 5.74) is 0.859. The van der Waals surface area contributed by atoms with Gasteiger partial charge in [0.05, 0.1) is 23.8 Å². The zero-order chi connectivity index (χ0) is 33.6. The van der Waals surface area contributed by atoms with Crippen LogP contribution >= 0.6 is 0 Å². The fourth-order valence-corrected chi connectivity index (χ4v) is 10.8. The van der Waals surface area contributed by atoms with Gasteiger partial charge in [-0.1, -0.05) is 19.4 Å². The molecule has 10 atom stereocenters. The molecule has 5 N–H and O–H groups in total. The third-order valence-corrected chi connectivity index (χ3v) is 13.2. The lowest BCUT2D eigenvalue weighted by atomic mass is 9.43. The standard InChI is InChI=1S/C38H57NO7/c1-22(2)8-7-17-38(6,45)32-12-9-26-25-21-31(28-20-24(40)15-18-36(28,4)27(25)16-19-37(26,32)5)46-34(43)14-13-33(42)39-29-10-11-30(41)23(3)35(29)44/h10-11,24-28,31-32,40-41,44-45H,1,7-9,12-21H2,2-6H3,(H,39,42)/t24-,25?,26?,27?,28+,31-,32?,36+,37-,38-/m0/s1. The maximum atomic E-state index is 13.3. The summed E-state index contributed by atoms with van der Waals surface area (Å²) in [6.45, 7) is 14.5. The quantitative estimate of drug-likeness (QED) is 0.0793. The number of amides is 1. The summed E-state index contributed by atoms with van der Waals surface area (Å²) in [6.07, 6.45) is 9.11. The Kier molecular flexibility index (Phi) is 9.93. The first kappa shape index (κ1) is 34.7. The molecule has 4 fully saturated rings. The van der Waals surface area contributed by atoms with Gasteiger partial charge in [-0.3, -0.25) is 9.59 Å². The lowest BCUT2D eigenvalue weighted by Crippen LogP contribution is -2.59. The van der Waals surface area contributed by atoms with Gasteiger partial charge in [-0.15, -0.1) is 6.58 Å². The Morgan fingerprint density at radius 1 is 1.00 bits per heavy atom. The number of aliphatic hydroxyl groups excluding tert-OH is 1. The molecule has 0 aliphatic heterocycles. The van der Waals surface area contributed by atoms with Crippen LogP contribution in [0.2, 0.25) is 0 Å². The van der Waals surface area contributed by atoms with E-state index in [-0.39, 0.29) is 64.4 Å². The minimum absolute atomic E-state index is 0.0239. The van der Waals surface area contributed by atoms with Crippen LogP contribution in [0.15, 0.2) is 24.3 Å². The van der Waals surface area contributed by atoms with Crippen LogP contribution in [-0.2, 0) is 14.3 Å². The molecule has 46 heavy (non-hydrogen) atoms. The van der Waals surface area contributed by atoms with Gasteiger partial charge < -0.3 is 30.5 Å². The van der Waals surface area contributed by atoms with E-state index in [0.717, 1.165) is 69.8 Å². The Balaban J connectivity index is 1.29. The van der Waals surface area contributed by atoms with Crippen LogP contribution in [0.4, 0.5) is 5.69 Å². The number of allylic oxidation sites excluding steroid dienone is 1. The summed E-state index contributed by atoms with van der Waals surface area (Å²) in [4.78, 5) is 26.0. The summed E-state index contributed by atoms with van der Waals surface area (Å²) in [6, 6.07) is 2.83. The van der Waals surface area contributed by atoms with E-state index in [9.17, 15) is 30.0 Å². The van der Waals surface area contributed by atoms with E-state index < -0.39 is 23.6 Å². The number of fused-ring (bicyclic) bond motifs is 5. The molecule has 8 heteroatoms. The van der Waals surface area contributed by atoms with Crippen LogP contribution in [0.1, 0.15) is 117 Å². The number of aromatic hydroxyl groups is 2. The SMILES string of the molecule is C=C(C)CCC[C@](C)(O)C1CCC2C3C[C@H](OC(=O)CCC(=O)Nc4ccc(O)c(C)c4O)[C@H]4C[C@@H](O)CC[C@]4(C)C3CC[C@@]21C. The third kappa shape index (κ3) is 6.58. The molecule has 4 unspecified atom stereocenters. The zero-order valence-corrected chi connectivity index (χ0v) is 28.6. The van der Waals surface area contributed by atoms with Crippen molar-refractivity contribution in [3.8, 4) is 11.5 Å². The highest BCUT2D eigenvalue weighted by molar-refractivity contribution is 5.94. The molecule has 0 heterocycles. The van der Waals surface area contributed by atoms with E-state index in [4.69, 9.17) is 4.74 Å². The molecule has 4 saturated carbocycles. The summed E-state index contributed by atoms with van der Waals surface area (Å²) in [5.74, 6) is 0.510. The number of esters is 1. The van der Waals surface area contributed by atoms with Gasteiger partial charge in [-0.2, -0.15) is 0 Å². The van der Waals surface area contributed by atoms with E-state index in [1.165, 1.54) is 12.1 Å². The van der Waals surface area contributed by atoms with Crippen molar-refractivity contribution in [1.82, 2.24) is 0 Å². The molecule has 0 saturated heterocycles. The first-order valence-corrected chi connectivity index (χ1v) is 17.6. The van der Waals surface area contributed by atoms with Crippen LogP contribution in [0, 0.1) is 47.3 Å². The number of carbonyl (C=O) groups excluding carboxylic acids is 2. The molecule has 5 rings (SSSR count). The first-order valence-electron chi connectivity index (χ1n) is 17.6. The van der Waals surface area contributed by atoms with Gasteiger partial charge >= 0.3 is 5.97 Å². The first-order chi connectivity index (χ1) is 21.6. The van der Waals surface area contributed by atoms with Crippen molar-refractivity contribution < 1.29 is 34.8 Å². The molecule has 0 bridgehead atoms. The highest BCUT2D eigenvalue weighted by Crippen LogP contribution is 2.69. The normalized spacial score (nSPS) is 36.5. The molecule has 0 spiro atoms. The number of hydrogen-bond donors (Lipinski definition) is 5. The average molecular weight is 640 g/mol. The van der Waals surface area contributed by atoms with Crippen molar-refractivity contribution in [2.45, 2.75) is 136 Å². The highest BCUT2D eigenvalue weighted by atomic mass is 16.5. The Morgan fingerprint density at radius 3 is 2.41 bits per heavy atom. The summed E-state index contributed by atoms with van der Waals surface area (Å²) in [7, 11) is 0. The second kappa shape index (κ2) is 13.1. The Morgan fingerprint density at radius 2 is 1.70 bits per heavy atom. The van der Waals surface area contributed by atoms with Crippen molar-refractivity contribution in [1.29, 1.82) is 0 Å². The summed E-state index contributed by atoms with van der Waals surface area (Å²) in [5, 5.41) is 45.2. The van der Waals surface area contributed by atoms with Crippen LogP contribution in [0.25, 0.3) is 0 Å². The molecule has 1 amide bonds. The average Bonchev–Trinajstić information content (AvgIpc) is 3.35. The fraction of sp³-hybridized carbons (Fsp3) is 0.737. The number of hydrogen-bond acceptors (Lipinski definition) is 7. The Hall–Kier alpha value is -2.58. The van der Waals surface area contributed by atoms with E-state index in [1.807, 2.05) is 13.8 Å². The smallest absolute Gasteiger partial charge is 0.306 e. The number of carbonyl (C=O) groups is 2. The molecule has 0 aromatic heterocycles. The lowest BCUT2D eigenvalue weighted by Gasteiger charge is -2.63. The van der Waals surface area contributed by atoms with E-state index in [2.05, 4.69) is 25.7 Å². The summed E-state index contributed by atoms with van der Waals surface area (Å²) >= 11 is 0. The van der Waals surface area contributed by atoms with E-state index in [0.29, 0.717) is 24.2 Å². The predicted octanol–water partition coefficient (Wildman–Crippen LogP) is 7.16. The maximum absolute atomic E-state index is 13.3. The number of phenolic OH excluding ortho intramolecular Hbond substituents is 2. The van der Waals surface area contributed by atoms with Crippen molar-refractivity contribution in [2.75, 3.05) is 5.32 Å². The molecule has 1 aromatic rings. The number of anilines is 1. The second-order valence-electron chi connectivity index (χ2n) is 16.2. The molecular formula is C38H57NO7. The minimum atomic E-state index is -0.732. The molecule has 4 aliphatic rings. The second-order valence-corrected chi connectivity index (χ2v) is 16.2. The Bertz CT molecular complexity index is 1320. The van der Waals surface area contributed by atoms with Crippen molar-refractivity contribution in [2.24, 2.45) is 40.4 Å². The number of nitrogens with one attached hydrogen (secondary N) is 1. The largest absolute Gasteiger partial charge is 0.508 e. The maximum Gasteiger partial charge on any atom is 0.306 e.